The molecule has 5 nitrogen and oxygen atoms in total. The van der Waals surface area contributed by atoms with Crippen LogP contribution in [-0.2, 0) is 19.4 Å². The fourth-order valence-electron chi connectivity index (χ4n) is 3.92. The fourth-order valence-corrected chi connectivity index (χ4v) is 5.53. The normalized spacial score (nSPS) is 13.4. The number of nitrogens with zero attached hydrogens (tertiary/aromatic N) is 1. The number of carbonyl (C=O) groups is 1. The first-order valence-electron chi connectivity index (χ1n) is 10.6. The van der Waals surface area contributed by atoms with Crippen LogP contribution in [0.15, 0.2) is 62.6 Å². The van der Waals surface area contributed by atoms with Crippen molar-refractivity contribution in [1.82, 2.24) is 5.32 Å². The average molecular weight is 499 g/mol. The van der Waals surface area contributed by atoms with E-state index in [0.29, 0.717) is 50.0 Å². The van der Waals surface area contributed by atoms with Crippen LogP contribution in [0.3, 0.4) is 0 Å². The topological polar surface area (TPSA) is 67.7 Å². The van der Waals surface area contributed by atoms with E-state index in [1.807, 2.05) is 18.2 Å². The summed E-state index contributed by atoms with van der Waals surface area (Å²) in [5.41, 5.74) is 2.48. The summed E-state index contributed by atoms with van der Waals surface area (Å²) in [5, 5.41) is 4.79. The lowest BCUT2D eigenvalue weighted by molar-refractivity contribution is 0.0948. The molecule has 168 valence electrons. The summed E-state index contributed by atoms with van der Waals surface area (Å²) < 4.78 is 11.3. The van der Waals surface area contributed by atoms with Crippen molar-refractivity contribution < 1.29 is 13.6 Å². The molecule has 0 fully saturated rings. The molecule has 0 radical (unpaired) electrons. The lowest BCUT2D eigenvalue weighted by Gasteiger charge is -2.12. The third-order valence-corrected chi connectivity index (χ3v) is 7.28. The van der Waals surface area contributed by atoms with Gasteiger partial charge in [-0.05, 0) is 73.7 Å². The summed E-state index contributed by atoms with van der Waals surface area (Å²) >= 11 is 14.0. The van der Waals surface area contributed by atoms with Crippen molar-refractivity contribution in [2.75, 3.05) is 0 Å². The molecule has 1 aliphatic rings. The number of benzene rings is 1. The quantitative estimate of drug-likeness (QED) is 0.280. The van der Waals surface area contributed by atoms with E-state index in [-0.39, 0.29) is 5.91 Å². The molecule has 0 saturated carbocycles. The molecule has 1 N–H and O–H groups in total. The lowest BCUT2D eigenvalue weighted by Crippen LogP contribution is -2.23. The monoisotopic (exact) mass is 498 g/mol. The molecule has 8 heteroatoms. The second-order valence-corrected chi connectivity index (χ2v) is 9.66. The smallest absolute Gasteiger partial charge is 0.255 e. The first kappa shape index (κ1) is 22.0. The third kappa shape index (κ3) is 4.78. The molecule has 3 aromatic heterocycles. The minimum absolute atomic E-state index is 0.135. The largest absolute Gasteiger partial charge is 0.467 e. The third-order valence-electron chi connectivity index (χ3n) is 5.51. The van der Waals surface area contributed by atoms with Gasteiger partial charge in [-0.25, -0.2) is 4.99 Å². The van der Waals surface area contributed by atoms with Crippen molar-refractivity contribution in [3.05, 3.63) is 86.3 Å². The summed E-state index contributed by atoms with van der Waals surface area (Å²) in [6.07, 6.45) is 7.31. The standard InChI is InChI=1S/C25H20Cl2N2O3S/c26-15-7-9-20(27)19(12-15)21-10-8-17(32-21)14-29-25-23(18-5-1-2-6-22(18)33-25)24(30)28-13-16-4-3-11-31-16/h3-4,7-12,14H,1-2,5-6,13H2,(H,28,30)/b29-14-. The Bertz CT molecular complexity index is 1320. The van der Waals surface area contributed by atoms with Gasteiger partial charge < -0.3 is 14.2 Å². The highest BCUT2D eigenvalue weighted by molar-refractivity contribution is 7.16. The molecule has 3 heterocycles. The van der Waals surface area contributed by atoms with Gasteiger partial charge >= 0.3 is 0 Å². The Morgan fingerprint density at radius 2 is 2.03 bits per heavy atom. The van der Waals surface area contributed by atoms with Gasteiger partial charge in [0.1, 0.15) is 22.3 Å². The highest BCUT2D eigenvalue weighted by Crippen LogP contribution is 2.40. The first-order valence-corrected chi connectivity index (χ1v) is 12.2. The molecule has 0 spiro atoms. The lowest BCUT2D eigenvalue weighted by atomic mass is 9.95. The van der Waals surface area contributed by atoms with Gasteiger partial charge in [-0.15, -0.1) is 11.3 Å². The number of aryl methyl sites for hydroxylation is 1. The number of halogens is 2. The Hall–Kier alpha value is -2.80. The molecule has 1 aliphatic carbocycles. The van der Waals surface area contributed by atoms with Gasteiger partial charge in [0.25, 0.3) is 5.91 Å². The molecule has 0 bridgehead atoms. The summed E-state index contributed by atoms with van der Waals surface area (Å²) in [7, 11) is 0. The van der Waals surface area contributed by atoms with Gasteiger partial charge in [0.15, 0.2) is 0 Å². The van der Waals surface area contributed by atoms with E-state index >= 15 is 0 Å². The minimum atomic E-state index is -0.135. The highest BCUT2D eigenvalue weighted by atomic mass is 35.5. The zero-order chi connectivity index (χ0) is 22.8. The second-order valence-electron chi connectivity index (χ2n) is 7.74. The molecular formula is C25H20Cl2N2O3S. The van der Waals surface area contributed by atoms with E-state index in [2.05, 4.69) is 10.3 Å². The predicted octanol–water partition coefficient (Wildman–Crippen LogP) is 7.47. The SMILES string of the molecule is O=C(NCc1ccco1)c1c(/N=C\c2ccc(-c3cc(Cl)ccc3Cl)o2)sc2c1CCCC2. The highest BCUT2D eigenvalue weighted by Gasteiger charge is 2.25. The molecule has 0 saturated heterocycles. The average Bonchev–Trinajstić information content (AvgIpc) is 3.57. The predicted molar refractivity (Wildman–Crippen MR) is 132 cm³/mol. The van der Waals surface area contributed by atoms with E-state index in [9.17, 15) is 4.79 Å². The minimum Gasteiger partial charge on any atom is -0.467 e. The molecule has 33 heavy (non-hydrogen) atoms. The number of hydrogen-bond donors (Lipinski definition) is 1. The van der Waals surface area contributed by atoms with E-state index in [1.54, 1.807) is 48.1 Å². The summed E-state index contributed by atoms with van der Waals surface area (Å²) in [4.78, 5) is 19.0. The van der Waals surface area contributed by atoms with Crippen LogP contribution in [0.4, 0.5) is 5.00 Å². The molecule has 0 atom stereocenters. The number of furan rings is 2. The van der Waals surface area contributed by atoms with Crippen molar-refractivity contribution in [2.45, 2.75) is 32.2 Å². The van der Waals surface area contributed by atoms with Crippen molar-refractivity contribution in [1.29, 1.82) is 0 Å². The zero-order valence-corrected chi connectivity index (χ0v) is 19.9. The van der Waals surface area contributed by atoms with Gasteiger partial charge in [-0.3, -0.25) is 4.79 Å². The van der Waals surface area contributed by atoms with E-state index in [4.69, 9.17) is 32.0 Å². The number of nitrogens with one attached hydrogen (secondary N) is 1. The van der Waals surface area contributed by atoms with E-state index in [1.165, 1.54) is 4.88 Å². The van der Waals surface area contributed by atoms with Gasteiger partial charge in [0, 0.05) is 15.5 Å². The van der Waals surface area contributed by atoms with Crippen LogP contribution in [0, 0.1) is 0 Å². The number of carbonyl (C=O) groups excluding carboxylic acids is 1. The van der Waals surface area contributed by atoms with Gasteiger partial charge in [-0.2, -0.15) is 0 Å². The van der Waals surface area contributed by atoms with Crippen LogP contribution in [0.1, 0.15) is 45.2 Å². The van der Waals surface area contributed by atoms with E-state index in [0.717, 1.165) is 31.2 Å². The van der Waals surface area contributed by atoms with Crippen LogP contribution in [0.5, 0.6) is 0 Å². The fraction of sp³-hybridized carbons (Fsp3) is 0.200. The Morgan fingerprint density at radius 1 is 1.15 bits per heavy atom. The maximum Gasteiger partial charge on any atom is 0.255 e. The van der Waals surface area contributed by atoms with Gasteiger partial charge in [0.05, 0.1) is 29.6 Å². The van der Waals surface area contributed by atoms with Crippen molar-refractivity contribution >= 4 is 51.7 Å². The van der Waals surface area contributed by atoms with Gasteiger partial charge in [-0.1, -0.05) is 23.2 Å². The van der Waals surface area contributed by atoms with Crippen LogP contribution >= 0.6 is 34.5 Å². The Morgan fingerprint density at radius 3 is 2.88 bits per heavy atom. The summed E-state index contributed by atoms with van der Waals surface area (Å²) in [5.74, 6) is 1.74. The summed E-state index contributed by atoms with van der Waals surface area (Å²) in [6, 6.07) is 12.5. The van der Waals surface area contributed by atoms with Gasteiger partial charge in [0.2, 0.25) is 0 Å². The summed E-state index contributed by atoms with van der Waals surface area (Å²) in [6.45, 7) is 0.335. The number of fused-ring (bicyclic) bond motifs is 1. The Labute approximate surface area is 205 Å². The van der Waals surface area contributed by atoms with Crippen molar-refractivity contribution in [3.63, 3.8) is 0 Å². The molecule has 4 aromatic rings. The molecule has 0 unspecified atom stereocenters. The molecule has 1 amide bonds. The molecule has 0 aliphatic heterocycles. The molecular weight excluding hydrogens is 479 g/mol. The zero-order valence-electron chi connectivity index (χ0n) is 17.6. The van der Waals surface area contributed by atoms with Crippen LogP contribution in [-0.4, -0.2) is 12.1 Å². The van der Waals surface area contributed by atoms with Crippen LogP contribution < -0.4 is 5.32 Å². The van der Waals surface area contributed by atoms with E-state index < -0.39 is 0 Å². The maximum absolute atomic E-state index is 13.1. The number of rotatable bonds is 6. The number of aliphatic imine (C=N–C) groups is 1. The van der Waals surface area contributed by atoms with Crippen LogP contribution in [0.25, 0.3) is 11.3 Å². The van der Waals surface area contributed by atoms with Crippen LogP contribution in [0.2, 0.25) is 10.0 Å². The van der Waals surface area contributed by atoms with Crippen molar-refractivity contribution in [2.24, 2.45) is 4.99 Å². The number of amides is 1. The first-order chi connectivity index (χ1) is 16.1. The van der Waals surface area contributed by atoms with Crippen molar-refractivity contribution in [3.8, 4) is 11.3 Å². The second kappa shape index (κ2) is 9.59. The number of hydrogen-bond acceptors (Lipinski definition) is 5. The Balaban J connectivity index is 1.41. The number of thiophene rings is 1. The molecule has 5 rings (SSSR count). The Kier molecular flexibility index (Phi) is 6.40. The molecule has 1 aromatic carbocycles. The maximum atomic E-state index is 13.1.